The molecule has 0 aliphatic heterocycles. The molecule has 6 nitrogen and oxygen atoms in total. The summed E-state index contributed by atoms with van der Waals surface area (Å²) in [4.78, 5) is 28.6. The van der Waals surface area contributed by atoms with E-state index in [1.54, 1.807) is 43.3 Å². The summed E-state index contributed by atoms with van der Waals surface area (Å²) in [6, 6.07) is 14.2. The van der Waals surface area contributed by atoms with Gasteiger partial charge in [0.25, 0.3) is 0 Å². The summed E-state index contributed by atoms with van der Waals surface area (Å²) in [6.45, 7) is 1.77. The van der Waals surface area contributed by atoms with E-state index >= 15 is 0 Å². The molecule has 0 radical (unpaired) electrons. The summed E-state index contributed by atoms with van der Waals surface area (Å²) >= 11 is 6.10. The molecule has 1 heterocycles. The topological polar surface area (TPSA) is 90.4 Å². The summed E-state index contributed by atoms with van der Waals surface area (Å²) in [7, 11) is -2.40. The standard InChI is InChI=1S/C24H22ClNO5S/c1-16-13-18(11-12-26-16)24(28)22-14-20(25)7-6-19(22)15-32(29,30)21-8-3-17(4-9-21)5-10-23(27)31-2/h3-4,6-9,11-14H,5,10,15H2,1-2H3. The molecule has 0 aliphatic carbocycles. The molecule has 8 heteroatoms. The molecular formula is C24H22ClNO5S. The van der Waals surface area contributed by atoms with Crippen LogP contribution in [0.5, 0.6) is 0 Å². The number of aromatic nitrogens is 1. The highest BCUT2D eigenvalue weighted by atomic mass is 35.5. The van der Waals surface area contributed by atoms with Crippen LogP contribution in [-0.2, 0) is 31.5 Å². The van der Waals surface area contributed by atoms with E-state index in [4.69, 9.17) is 11.6 Å². The number of nitrogens with zero attached hydrogens (tertiary/aromatic N) is 1. The maximum Gasteiger partial charge on any atom is 0.305 e. The van der Waals surface area contributed by atoms with Gasteiger partial charge in [-0.3, -0.25) is 14.6 Å². The monoisotopic (exact) mass is 471 g/mol. The Morgan fingerprint density at radius 3 is 2.41 bits per heavy atom. The summed E-state index contributed by atoms with van der Waals surface area (Å²) < 4.78 is 30.7. The van der Waals surface area contributed by atoms with E-state index in [-0.39, 0.29) is 34.4 Å². The molecule has 0 saturated heterocycles. The van der Waals surface area contributed by atoms with Crippen molar-refractivity contribution in [3.63, 3.8) is 0 Å². The normalized spacial score (nSPS) is 11.2. The molecule has 0 spiro atoms. The number of methoxy groups -OCH3 is 1. The molecule has 0 amide bonds. The number of hydrogen-bond acceptors (Lipinski definition) is 6. The SMILES string of the molecule is COC(=O)CCc1ccc(S(=O)(=O)Cc2ccc(Cl)cc2C(=O)c2ccnc(C)c2)cc1. The van der Waals surface area contributed by atoms with Gasteiger partial charge in [0.1, 0.15) is 0 Å². The lowest BCUT2D eigenvalue weighted by Gasteiger charge is -2.11. The summed E-state index contributed by atoms with van der Waals surface area (Å²) in [5.74, 6) is -0.996. The van der Waals surface area contributed by atoms with Gasteiger partial charge < -0.3 is 4.74 Å². The number of ether oxygens (including phenoxy) is 1. The highest BCUT2D eigenvalue weighted by Gasteiger charge is 2.21. The van der Waals surface area contributed by atoms with Crippen molar-refractivity contribution in [2.24, 2.45) is 0 Å². The van der Waals surface area contributed by atoms with Crippen LogP contribution in [0.4, 0.5) is 0 Å². The highest BCUT2D eigenvalue weighted by Crippen LogP contribution is 2.25. The molecule has 0 atom stereocenters. The van der Waals surface area contributed by atoms with Crippen molar-refractivity contribution >= 4 is 33.2 Å². The number of carbonyl (C=O) groups excluding carboxylic acids is 2. The van der Waals surface area contributed by atoms with Crippen LogP contribution in [-0.4, -0.2) is 32.3 Å². The molecule has 166 valence electrons. The van der Waals surface area contributed by atoms with Crippen LogP contribution in [0.2, 0.25) is 5.02 Å². The van der Waals surface area contributed by atoms with Crippen LogP contribution in [0.25, 0.3) is 0 Å². The zero-order chi connectivity index (χ0) is 23.3. The van der Waals surface area contributed by atoms with Gasteiger partial charge in [-0.15, -0.1) is 0 Å². The average molecular weight is 472 g/mol. The van der Waals surface area contributed by atoms with Gasteiger partial charge in [-0.1, -0.05) is 29.8 Å². The van der Waals surface area contributed by atoms with Gasteiger partial charge >= 0.3 is 5.97 Å². The van der Waals surface area contributed by atoms with E-state index in [9.17, 15) is 18.0 Å². The third kappa shape index (κ3) is 5.81. The Bertz CT molecular complexity index is 1250. The second-order valence-corrected chi connectivity index (χ2v) is 9.72. The first kappa shape index (κ1) is 23.6. The van der Waals surface area contributed by atoms with Gasteiger partial charge in [0, 0.05) is 34.5 Å². The smallest absolute Gasteiger partial charge is 0.305 e. The van der Waals surface area contributed by atoms with Crippen LogP contribution in [0.15, 0.2) is 65.7 Å². The number of hydrogen-bond donors (Lipinski definition) is 0. The number of halogens is 1. The minimum atomic E-state index is -3.72. The first-order valence-corrected chi connectivity index (χ1v) is 11.9. The van der Waals surface area contributed by atoms with Crippen molar-refractivity contribution in [3.8, 4) is 0 Å². The predicted octanol–water partition coefficient (Wildman–Crippen LogP) is 4.35. The lowest BCUT2D eigenvalue weighted by atomic mass is 9.99. The molecule has 0 unspecified atom stereocenters. The maximum absolute atomic E-state index is 13.1. The first-order chi connectivity index (χ1) is 15.2. The summed E-state index contributed by atoms with van der Waals surface area (Å²) in [5, 5.41) is 0.343. The fourth-order valence-electron chi connectivity index (χ4n) is 3.23. The van der Waals surface area contributed by atoms with Crippen molar-refractivity contribution in [2.45, 2.75) is 30.4 Å². The van der Waals surface area contributed by atoms with Crippen LogP contribution < -0.4 is 0 Å². The van der Waals surface area contributed by atoms with Gasteiger partial charge in [-0.25, -0.2) is 8.42 Å². The third-order valence-electron chi connectivity index (χ3n) is 4.95. The third-order valence-corrected chi connectivity index (χ3v) is 6.87. The summed E-state index contributed by atoms with van der Waals surface area (Å²) in [5.41, 5.74) is 2.52. The molecule has 3 rings (SSSR count). The van der Waals surface area contributed by atoms with E-state index < -0.39 is 9.84 Å². The van der Waals surface area contributed by atoms with Gasteiger partial charge in [0.05, 0.1) is 17.8 Å². The number of pyridine rings is 1. The molecule has 32 heavy (non-hydrogen) atoms. The fourth-order valence-corrected chi connectivity index (χ4v) is 4.78. The largest absolute Gasteiger partial charge is 0.469 e. The average Bonchev–Trinajstić information content (AvgIpc) is 2.78. The van der Waals surface area contributed by atoms with Crippen molar-refractivity contribution in [1.82, 2.24) is 4.98 Å². The van der Waals surface area contributed by atoms with Gasteiger partial charge in [-0.2, -0.15) is 0 Å². The van der Waals surface area contributed by atoms with Crippen LogP contribution >= 0.6 is 11.6 Å². The molecule has 0 N–H and O–H groups in total. The Morgan fingerprint density at radius 2 is 1.75 bits per heavy atom. The number of benzene rings is 2. The first-order valence-electron chi connectivity index (χ1n) is 9.84. The van der Waals surface area contributed by atoms with Gasteiger partial charge in [0.2, 0.25) is 0 Å². The van der Waals surface area contributed by atoms with Crippen molar-refractivity contribution in [3.05, 3.63) is 93.8 Å². The van der Waals surface area contributed by atoms with Crippen molar-refractivity contribution < 1.29 is 22.7 Å². The van der Waals surface area contributed by atoms with Gasteiger partial charge in [-0.05, 0) is 60.9 Å². The van der Waals surface area contributed by atoms with E-state index in [1.165, 1.54) is 31.5 Å². The zero-order valence-corrected chi connectivity index (χ0v) is 19.2. The Labute approximate surface area is 192 Å². The second kappa shape index (κ2) is 10.1. The minimum Gasteiger partial charge on any atom is -0.469 e. The Morgan fingerprint density at radius 1 is 1.03 bits per heavy atom. The van der Waals surface area contributed by atoms with Crippen LogP contribution in [0.3, 0.4) is 0 Å². The maximum atomic E-state index is 13.1. The van der Waals surface area contributed by atoms with Crippen molar-refractivity contribution in [2.75, 3.05) is 7.11 Å². The zero-order valence-electron chi connectivity index (χ0n) is 17.7. The van der Waals surface area contributed by atoms with E-state index in [2.05, 4.69) is 9.72 Å². The molecule has 3 aromatic rings. The molecule has 0 fully saturated rings. The minimum absolute atomic E-state index is 0.132. The van der Waals surface area contributed by atoms with Crippen molar-refractivity contribution in [1.29, 1.82) is 0 Å². The summed E-state index contributed by atoms with van der Waals surface area (Å²) in [6.07, 6.45) is 2.20. The highest BCUT2D eigenvalue weighted by molar-refractivity contribution is 7.90. The quantitative estimate of drug-likeness (QED) is 0.358. The lowest BCUT2D eigenvalue weighted by Crippen LogP contribution is -2.11. The number of sulfone groups is 1. The number of ketones is 1. The predicted molar refractivity (Wildman–Crippen MR) is 122 cm³/mol. The molecule has 2 aromatic carbocycles. The Hall–Kier alpha value is -3.03. The second-order valence-electron chi connectivity index (χ2n) is 7.30. The molecule has 0 aliphatic rings. The van der Waals surface area contributed by atoms with E-state index in [1.807, 2.05) is 0 Å². The Kier molecular flexibility index (Phi) is 7.43. The number of aryl methyl sites for hydroxylation is 2. The molecule has 1 aromatic heterocycles. The molecule has 0 saturated carbocycles. The number of carbonyl (C=O) groups is 2. The van der Waals surface area contributed by atoms with Crippen LogP contribution in [0.1, 0.15) is 39.2 Å². The van der Waals surface area contributed by atoms with Gasteiger partial charge in [0.15, 0.2) is 15.6 Å². The fraction of sp³-hybridized carbons (Fsp3) is 0.208. The van der Waals surface area contributed by atoms with E-state index in [0.717, 1.165) is 5.56 Å². The van der Waals surface area contributed by atoms with E-state index in [0.29, 0.717) is 28.3 Å². The van der Waals surface area contributed by atoms with Crippen LogP contribution in [0, 0.1) is 6.92 Å². The Balaban J connectivity index is 1.86. The number of esters is 1. The lowest BCUT2D eigenvalue weighted by molar-refractivity contribution is -0.140. The number of rotatable bonds is 8. The molecular weight excluding hydrogens is 450 g/mol. The molecule has 0 bridgehead atoms.